The van der Waals surface area contributed by atoms with Crippen molar-refractivity contribution in [1.82, 2.24) is 29.7 Å². The number of anilines is 6. The number of rotatable bonds is 12. The summed E-state index contributed by atoms with van der Waals surface area (Å²) in [6.45, 7) is 5.10. The third kappa shape index (κ3) is 9.11. The largest absolute Gasteiger partial charge is 0.495 e. The molecule has 6 heterocycles. The van der Waals surface area contributed by atoms with Gasteiger partial charge in [0, 0.05) is 76.6 Å². The molecule has 0 unspecified atom stereocenters. The second kappa shape index (κ2) is 19.1. The Kier molecular flexibility index (Phi) is 12.5. The lowest BCUT2D eigenvalue weighted by Gasteiger charge is -2.43. The van der Waals surface area contributed by atoms with Gasteiger partial charge in [0.2, 0.25) is 17.7 Å². The van der Waals surface area contributed by atoms with Crippen LogP contribution in [0.2, 0.25) is 0 Å². The van der Waals surface area contributed by atoms with E-state index >= 15 is 0 Å². The Balaban J connectivity index is 0.955. The van der Waals surface area contributed by atoms with Gasteiger partial charge in [-0.1, -0.05) is 72.8 Å². The quantitative estimate of drug-likeness (QED) is 0.106. The standard InChI is InChI=1S/C51H56N10O5/c1-65-45-17-9-7-15-37(45)52-47-27-39(54-50(56-47)60-25-21-41(43(62)31-60)58-23-19-33-11-3-5-13-35(33)29-58)49(64)40-28-48(53-38-16-8-10-18-46(38)66-2)57-51(55-40)61-26-22-42(44(63)32-61)59-24-20-34-12-4-6-14-36(34)30-59/h3-18,27-28,41-44,62-63H,19-26,29-32H2,1-2H3,(H,52,54,56)(H,53,55,57)/t41-,42-,43-,44-/m1/s1. The summed E-state index contributed by atoms with van der Waals surface area (Å²) in [5, 5.41) is 30.2. The van der Waals surface area contributed by atoms with Crippen molar-refractivity contribution in [2.45, 2.75) is 63.1 Å². The lowest BCUT2D eigenvalue weighted by molar-refractivity contribution is 0.0291. The zero-order valence-corrected chi connectivity index (χ0v) is 37.4. The van der Waals surface area contributed by atoms with Crippen LogP contribution in [0.5, 0.6) is 11.5 Å². The van der Waals surface area contributed by atoms with Gasteiger partial charge in [0.05, 0.1) is 37.8 Å². The maximum atomic E-state index is 15.0. The normalized spacial score (nSPS) is 21.1. The van der Waals surface area contributed by atoms with Crippen molar-refractivity contribution < 1.29 is 24.5 Å². The number of piperidine rings is 2. The van der Waals surface area contributed by atoms with Gasteiger partial charge in [0.1, 0.15) is 34.5 Å². The molecule has 340 valence electrons. The summed E-state index contributed by atoms with van der Waals surface area (Å²) in [5.74, 6) is 2.15. The molecule has 10 rings (SSSR count). The van der Waals surface area contributed by atoms with E-state index in [9.17, 15) is 15.0 Å². The lowest BCUT2D eigenvalue weighted by atomic mass is 9.94. The molecule has 0 spiro atoms. The number of methoxy groups -OCH3 is 2. The monoisotopic (exact) mass is 888 g/mol. The third-order valence-corrected chi connectivity index (χ3v) is 13.6. The highest BCUT2D eigenvalue weighted by Crippen LogP contribution is 2.33. The van der Waals surface area contributed by atoms with Crippen LogP contribution >= 0.6 is 0 Å². The second-order valence-electron chi connectivity index (χ2n) is 17.6. The minimum atomic E-state index is -0.671. The first kappa shape index (κ1) is 43.3. The van der Waals surface area contributed by atoms with Crippen molar-refractivity contribution in [1.29, 1.82) is 0 Å². The summed E-state index contributed by atoms with van der Waals surface area (Å²) in [5.41, 5.74) is 6.89. The summed E-state index contributed by atoms with van der Waals surface area (Å²) in [6.07, 6.45) is 1.94. The molecule has 6 aromatic rings. The number of nitrogens with zero attached hydrogens (tertiary/aromatic N) is 8. The number of aliphatic hydroxyl groups is 2. The van der Waals surface area contributed by atoms with Crippen molar-refractivity contribution >= 4 is 40.7 Å². The Morgan fingerprint density at radius 1 is 0.561 bits per heavy atom. The molecular formula is C51H56N10O5. The lowest BCUT2D eigenvalue weighted by Crippen LogP contribution is -2.55. The van der Waals surface area contributed by atoms with Gasteiger partial charge in [-0.2, -0.15) is 9.97 Å². The Hall–Kier alpha value is -6.65. The molecule has 66 heavy (non-hydrogen) atoms. The highest BCUT2D eigenvalue weighted by atomic mass is 16.5. The van der Waals surface area contributed by atoms with Gasteiger partial charge < -0.3 is 40.1 Å². The minimum absolute atomic E-state index is 0.0284. The molecule has 0 amide bonds. The molecule has 2 saturated heterocycles. The van der Waals surface area contributed by atoms with Gasteiger partial charge in [-0.3, -0.25) is 14.6 Å². The van der Waals surface area contributed by atoms with Crippen molar-refractivity contribution in [3.05, 3.63) is 143 Å². The topological polar surface area (TPSA) is 165 Å². The summed E-state index contributed by atoms with van der Waals surface area (Å²) in [4.78, 5) is 43.3. The van der Waals surface area contributed by atoms with E-state index in [-0.39, 0.29) is 23.5 Å². The Bertz CT molecular complexity index is 2520. The molecule has 15 nitrogen and oxygen atoms in total. The van der Waals surface area contributed by atoms with Gasteiger partial charge in [0.25, 0.3) is 0 Å². The zero-order valence-electron chi connectivity index (χ0n) is 37.4. The van der Waals surface area contributed by atoms with E-state index in [2.05, 4.69) is 69.0 Å². The second-order valence-corrected chi connectivity index (χ2v) is 17.6. The van der Waals surface area contributed by atoms with E-state index in [0.29, 0.717) is 85.4 Å². The predicted octanol–water partition coefficient (Wildman–Crippen LogP) is 6.00. The van der Waals surface area contributed by atoms with Crippen LogP contribution in [0.25, 0.3) is 0 Å². The summed E-state index contributed by atoms with van der Waals surface area (Å²) < 4.78 is 11.3. The number of carbonyl (C=O) groups is 1. The van der Waals surface area contributed by atoms with Gasteiger partial charge in [-0.15, -0.1) is 0 Å². The van der Waals surface area contributed by atoms with Crippen LogP contribution < -0.4 is 29.9 Å². The van der Waals surface area contributed by atoms with Crippen LogP contribution in [0.1, 0.15) is 51.3 Å². The van der Waals surface area contributed by atoms with Gasteiger partial charge in [0.15, 0.2) is 0 Å². The van der Waals surface area contributed by atoms with Crippen molar-refractivity contribution in [2.75, 3.05) is 73.9 Å². The number of carbonyl (C=O) groups excluding carboxylic acids is 1. The number of ether oxygens (including phenoxy) is 2. The predicted molar refractivity (Wildman–Crippen MR) is 254 cm³/mol. The fraction of sp³-hybridized carbons (Fsp3) is 0.353. The average molecular weight is 889 g/mol. The molecule has 2 fully saturated rings. The van der Waals surface area contributed by atoms with Gasteiger partial charge >= 0.3 is 0 Å². The van der Waals surface area contributed by atoms with Gasteiger partial charge in [-0.05, 0) is 72.2 Å². The highest BCUT2D eigenvalue weighted by molar-refractivity contribution is 6.07. The molecule has 4 aromatic carbocycles. The van der Waals surface area contributed by atoms with Crippen LogP contribution in [0.4, 0.5) is 34.9 Å². The summed E-state index contributed by atoms with van der Waals surface area (Å²) >= 11 is 0. The first-order valence-electron chi connectivity index (χ1n) is 22.9. The number of aliphatic hydroxyl groups excluding tert-OH is 2. The number of fused-ring (bicyclic) bond motifs is 2. The van der Waals surface area contributed by atoms with Crippen LogP contribution in [0, 0.1) is 0 Å². The van der Waals surface area contributed by atoms with Gasteiger partial charge in [-0.25, -0.2) is 9.97 Å². The van der Waals surface area contributed by atoms with E-state index in [0.717, 1.165) is 39.0 Å². The van der Waals surface area contributed by atoms with E-state index in [1.165, 1.54) is 22.3 Å². The number of nitrogens with one attached hydrogen (secondary N) is 2. The first-order valence-corrected chi connectivity index (χ1v) is 22.9. The van der Waals surface area contributed by atoms with E-state index in [1.807, 2.05) is 58.3 Å². The maximum absolute atomic E-state index is 15.0. The third-order valence-electron chi connectivity index (χ3n) is 13.6. The number of benzene rings is 4. The van der Waals surface area contributed by atoms with E-state index in [4.69, 9.17) is 29.4 Å². The number of hydrogen-bond acceptors (Lipinski definition) is 15. The van der Waals surface area contributed by atoms with E-state index < -0.39 is 18.0 Å². The number of aromatic nitrogens is 4. The maximum Gasteiger partial charge on any atom is 0.230 e. The molecule has 4 aliphatic rings. The SMILES string of the molecule is COc1ccccc1Nc1cc(C(=O)c2cc(Nc3ccccc3OC)nc(N3CC[C@@H](N4CCc5ccccc5C4)[C@H](O)C3)n2)nc(N2CC[C@@H](N3CCc4ccccc4C3)[C@H](O)C2)n1. The Labute approximate surface area is 385 Å². The molecule has 0 saturated carbocycles. The van der Waals surface area contributed by atoms with Crippen molar-refractivity contribution in [3.8, 4) is 11.5 Å². The minimum Gasteiger partial charge on any atom is -0.495 e. The number of hydrogen-bond donors (Lipinski definition) is 4. The summed E-state index contributed by atoms with van der Waals surface area (Å²) in [7, 11) is 3.20. The molecule has 4 atom stereocenters. The molecule has 4 aliphatic heterocycles. The Morgan fingerprint density at radius 3 is 1.39 bits per heavy atom. The summed E-state index contributed by atoms with van der Waals surface area (Å²) in [6, 6.07) is 35.2. The van der Waals surface area contributed by atoms with Crippen molar-refractivity contribution in [3.63, 3.8) is 0 Å². The molecule has 0 aliphatic carbocycles. The Morgan fingerprint density at radius 2 is 0.970 bits per heavy atom. The number of para-hydroxylation sites is 4. The zero-order chi connectivity index (χ0) is 45.1. The van der Waals surface area contributed by atoms with Crippen molar-refractivity contribution in [2.24, 2.45) is 0 Å². The first-order chi connectivity index (χ1) is 32.3. The average Bonchev–Trinajstić information content (AvgIpc) is 3.36. The molecule has 0 bridgehead atoms. The number of β-amino-alcohol motifs (C(OH)–C–C–N with tert-alkyl or cyclic N) is 2. The number of ketones is 1. The molecule has 4 N–H and O–H groups in total. The van der Waals surface area contributed by atoms with E-state index in [1.54, 1.807) is 26.4 Å². The molecule has 0 radical (unpaired) electrons. The van der Waals surface area contributed by atoms with Crippen LogP contribution in [-0.2, 0) is 25.9 Å². The van der Waals surface area contributed by atoms with Crippen LogP contribution in [0.15, 0.2) is 109 Å². The highest BCUT2D eigenvalue weighted by Gasteiger charge is 2.37. The fourth-order valence-corrected chi connectivity index (χ4v) is 10.1. The van der Waals surface area contributed by atoms with Crippen LogP contribution in [0.3, 0.4) is 0 Å². The smallest absolute Gasteiger partial charge is 0.230 e. The fourth-order valence-electron chi connectivity index (χ4n) is 10.1. The molecular weight excluding hydrogens is 833 g/mol. The molecule has 15 heteroatoms. The van der Waals surface area contributed by atoms with Crippen LogP contribution in [-0.4, -0.2) is 124 Å². The molecule has 2 aromatic heterocycles.